The van der Waals surface area contributed by atoms with Gasteiger partial charge in [-0.05, 0) is 43.9 Å². The van der Waals surface area contributed by atoms with E-state index >= 15 is 0 Å². The molecule has 2 aliphatic rings. The van der Waals surface area contributed by atoms with Crippen LogP contribution in [0.15, 0.2) is 12.3 Å². The first-order valence-corrected chi connectivity index (χ1v) is 5.60. The molecule has 0 spiro atoms. The maximum Gasteiger partial charge on any atom is 0.144 e. The number of rotatable bonds is 1. The summed E-state index contributed by atoms with van der Waals surface area (Å²) in [6.45, 7) is 4.07. The molecule has 80 valence electrons. The van der Waals surface area contributed by atoms with Crippen LogP contribution >= 0.6 is 0 Å². The number of hydrogen-bond acceptors (Lipinski definition) is 2. The SMILES string of the molecule is Cc1ncc(C2CC3CCN2C3)cc1F. The Labute approximate surface area is 89.1 Å². The van der Waals surface area contributed by atoms with Gasteiger partial charge in [-0.3, -0.25) is 9.88 Å². The molecule has 2 saturated heterocycles. The van der Waals surface area contributed by atoms with Crippen molar-refractivity contribution in [2.24, 2.45) is 5.92 Å². The van der Waals surface area contributed by atoms with Gasteiger partial charge in [-0.1, -0.05) is 0 Å². The average Bonchev–Trinajstić information content (AvgIpc) is 2.83. The molecule has 0 aliphatic carbocycles. The van der Waals surface area contributed by atoms with E-state index in [1.165, 1.54) is 25.9 Å². The zero-order valence-electron chi connectivity index (χ0n) is 8.91. The first-order valence-electron chi connectivity index (χ1n) is 5.60. The van der Waals surface area contributed by atoms with Gasteiger partial charge in [0.25, 0.3) is 0 Å². The number of aromatic nitrogens is 1. The number of aryl methyl sites for hydroxylation is 1. The Bertz CT molecular complexity index is 391. The van der Waals surface area contributed by atoms with Gasteiger partial charge in [0.2, 0.25) is 0 Å². The number of piperidine rings is 1. The Hall–Kier alpha value is -0.960. The third-order valence-corrected chi connectivity index (χ3v) is 3.75. The number of halogens is 1. The minimum Gasteiger partial charge on any atom is -0.296 e. The molecule has 1 aromatic heterocycles. The molecule has 0 aromatic carbocycles. The monoisotopic (exact) mass is 206 g/mol. The van der Waals surface area contributed by atoms with Crippen LogP contribution in [-0.2, 0) is 0 Å². The number of nitrogens with zero attached hydrogens (tertiary/aromatic N) is 2. The van der Waals surface area contributed by atoms with Crippen molar-refractivity contribution in [2.45, 2.75) is 25.8 Å². The van der Waals surface area contributed by atoms with Crippen molar-refractivity contribution in [3.63, 3.8) is 0 Å². The second-order valence-electron chi connectivity index (χ2n) is 4.74. The lowest BCUT2D eigenvalue weighted by Crippen LogP contribution is -2.22. The molecule has 3 atom stereocenters. The fourth-order valence-electron chi connectivity index (χ4n) is 2.85. The maximum atomic E-state index is 13.4. The molecule has 3 heteroatoms. The normalized spacial score (nSPS) is 33.6. The van der Waals surface area contributed by atoms with Gasteiger partial charge in [0.05, 0.1) is 5.69 Å². The molecule has 3 rings (SSSR count). The summed E-state index contributed by atoms with van der Waals surface area (Å²) in [4.78, 5) is 6.56. The zero-order chi connectivity index (χ0) is 10.4. The largest absolute Gasteiger partial charge is 0.296 e. The first kappa shape index (κ1) is 9.28. The van der Waals surface area contributed by atoms with Gasteiger partial charge in [0.15, 0.2) is 0 Å². The molecular weight excluding hydrogens is 191 g/mol. The number of hydrogen-bond donors (Lipinski definition) is 0. The van der Waals surface area contributed by atoms with Gasteiger partial charge in [-0.2, -0.15) is 0 Å². The standard InChI is InChI=1S/C12H15FN2/c1-8-11(13)5-10(6-14-8)12-4-9-2-3-15(12)7-9/h5-6,9,12H,2-4,7H2,1H3. The van der Waals surface area contributed by atoms with Crippen LogP contribution in [-0.4, -0.2) is 23.0 Å². The summed E-state index contributed by atoms with van der Waals surface area (Å²) in [6, 6.07) is 2.08. The van der Waals surface area contributed by atoms with Gasteiger partial charge < -0.3 is 0 Å². The minimum atomic E-state index is -0.170. The number of pyridine rings is 1. The Morgan fingerprint density at radius 3 is 3.00 bits per heavy atom. The molecule has 15 heavy (non-hydrogen) atoms. The van der Waals surface area contributed by atoms with E-state index in [0.29, 0.717) is 11.7 Å². The Morgan fingerprint density at radius 2 is 2.40 bits per heavy atom. The third kappa shape index (κ3) is 1.46. The van der Waals surface area contributed by atoms with Crippen LogP contribution in [0.5, 0.6) is 0 Å². The molecule has 3 unspecified atom stereocenters. The van der Waals surface area contributed by atoms with Crippen LogP contribution in [0.4, 0.5) is 4.39 Å². The first-order chi connectivity index (χ1) is 7.24. The lowest BCUT2D eigenvalue weighted by molar-refractivity contribution is 0.265. The second-order valence-corrected chi connectivity index (χ2v) is 4.74. The van der Waals surface area contributed by atoms with E-state index in [1.807, 2.05) is 6.20 Å². The van der Waals surface area contributed by atoms with Gasteiger partial charge in [-0.25, -0.2) is 4.39 Å². The minimum absolute atomic E-state index is 0.170. The van der Waals surface area contributed by atoms with Crippen LogP contribution in [0.3, 0.4) is 0 Å². The van der Waals surface area contributed by atoms with Crippen LogP contribution < -0.4 is 0 Å². The van der Waals surface area contributed by atoms with E-state index in [-0.39, 0.29) is 5.82 Å². The average molecular weight is 206 g/mol. The van der Waals surface area contributed by atoms with E-state index in [2.05, 4.69) is 9.88 Å². The summed E-state index contributed by atoms with van der Waals surface area (Å²) < 4.78 is 13.4. The van der Waals surface area contributed by atoms with Crippen molar-refractivity contribution in [3.05, 3.63) is 29.3 Å². The van der Waals surface area contributed by atoms with E-state index in [9.17, 15) is 4.39 Å². The van der Waals surface area contributed by atoms with E-state index in [0.717, 1.165) is 11.5 Å². The van der Waals surface area contributed by atoms with Crippen molar-refractivity contribution in [1.82, 2.24) is 9.88 Å². The fourth-order valence-corrected chi connectivity index (χ4v) is 2.85. The molecule has 0 radical (unpaired) electrons. The summed E-state index contributed by atoms with van der Waals surface area (Å²) in [5.41, 5.74) is 1.55. The summed E-state index contributed by atoms with van der Waals surface area (Å²) in [7, 11) is 0. The van der Waals surface area contributed by atoms with Crippen molar-refractivity contribution < 1.29 is 4.39 Å². The molecule has 0 amide bonds. The molecule has 2 bridgehead atoms. The van der Waals surface area contributed by atoms with Crippen LogP contribution in [0, 0.1) is 18.7 Å². The van der Waals surface area contributed by atoms with Crippen LogP contribution in [0.2, 0.25) is 0 Å². The molecule has 0 N–H and O–H groups in total. The topological polar surface area (TPSA) is 16.1 Å². The maximum absolute atomic E-state index is 13.4. The molecule has 1 aromatic rings. The Kier molecular flexibility index (Phi) is 2.02. The van der Waals surface area contributed by atoms with E-state index in [1.54, 1.807) is 13.0 Å². The summed E-state index contributed by atoms with van der Waals surface area (Å²) >= 11 is 0. The highest BCUT2D eigenvalue weighted by Gasteiger charge is 2.38. The quantitative estimate of drug-likeness (QED) is 0.701. The summed E-state index contributed by atoms with van der Waals surface area (Å²) in [5.74, 6) is 0.663. The molecule has 2 aliphatic heterocycles. The van der Waals surface area contributed by atoms with Crippen LogP contribution in [0.25, 0.3) is 0 Å². The molecule has 2 nitrogen and oxygen atoms in total. The van der Waals surface area contributed by atoms with Gasteiger partial charge in [0, 0.05) is 18.8 Å². The summed E-state index contributed by atoms with van der Waals surface area (Å²) in [5, 5.41) is 0. The Balaban J connectivity index is 1.90. The van der Waals surface area contributed by atoms with Gasteiger partial charge in [-0.15, -0.1) is 0 Å². The second kappa shape index (κ2) is 3.27. The summed E-state index contributed by atoms with van der Waals surface area (Å²) in [6.07, 6.45) is 4.34. The number of fused-ring (bicyclic) bond motifs is 2. The predicted octanol–water partition coefficient (Wildman–Crippen LogP) is 2.30. The zero-order valence-corrected chi connectivity index (χ0v) is 8.91. The van der Waals surface area contributed by atoms with Crippen molar-refractivity contribution >= 4 is 0 Å². The van der Waals surface area contributed by atoms with Crippen molar-refractivity contribution in [3.8, 4) is 0 Å². The Morgan fingerprint density at radius 1 is 1.53 bits per heavy atom. The molecule has 2 fully saturated rings. The van der Waals surface area contributed by atoms with Crippen molar-refractivity contribution in [1.29, 1.82) is 0 Å². The fraction of sp³-hybridized carbons (Fsp3) is 0.583. The highest BCUT2D eigenvalue weighted by atomic mass is 19.1. The highest BCUT2D eigenvalue weighted by molar-refractivity contribution is 5.21. The lowest BCUT2D eigenvalue weighted by Gasteiger charge is -2.24. The van der Waals surface area contributed by atoms with Crippen LogP contribution in [0.1, 0.15) is 30.1 Å². The predicted molar refractivity (Wildman–Crippen MR) is 56.0 cm³/mol. The van der Waals surface area contributed by atoms with Gasteiger partial charge in [0.1, 0.15) is 5.82 Å². The molecular formula is C12H15FN2. The highest BCUT2D eigenvalue weighted by Crippen LogP contribution is 2.41. The smallest absolute Gasteiger partial charge is 0.144 e. The van der Waals surface area contributed by atoms with Gasteiger partial charge >= 0.3 is 0 Å². The van der Waals surface area contributed by atoms with Crippen molar-refractivity contribution in [2.75, 3.05) is 13.1 Å². The van der Waals surface area contributed by atoms with E-state index < -0.39 is 0 Å². The van der Waals surface area contributed by atoms with E-state index in [4.69, 9.17) is 0 Å². The third-order valence-electron chi connectivity index (χ3n) is 3.75. The molecule has 3 heterocycles. The molecule has 0 saturated carbocycles. The lowest BCUT2D eigenvalue weighted by atomic mass is 9.96.